The Morgan fingerprint density at radius 2 is 1.94 bits per heavy atom. The van der Waals surface area contributed by atoms with Gasteiger partial charge in [-0.15, -0.1) is 0 Å². The lowest BCUT2D eigenvalue weighted by Gasteiger charge is -2.26. The average Bonchev–Trinajstić information content (AvgIpc) is 2.30. The van der Waals surface area contributed by atoms with E-state index >= 15 is 0 Å². The average molecular weight is 220 g/mol. The van der Waals surface area contributed by atoms with Crippen molar-refractivity contribution in [2.24, 2.45) is 5.92 Å². The second-order valence-corrected chi connectivity index (χ2v) is 4.84. The van der Waals surface area contributed by atoms with Crippen LogP contribution in [-0.2, 0) is 6.42 Å². The second-order valence-electron chi connectivity index (χ2n) is 4.84. The predicted octanol–water partition coefficient (Wildman–Crippen LogP) is 2.88. The van der Waals surface area contributed by atoms with Crippen molar-refractivity contribution < 1.29 is 10.2 Å². The van der Waals surface area contributed by atoms with Gasteiger partial charge in [-0.05, 0) is 42.9 Å². The Labute approximate surface area is 96.9 Å². The van der Waals surface area contributed by atoms with Crippen LogP contribution in [0.1, 0.15) is 37.7 Å². The summed E-state index contributed by atoms with van der Waals surface area (Å²) in [5.41, 5.74) is 1.03. The van der Waals surface area contributed by atoms with Crippen LogP contribution < -0.4 is 0 Å². The van der Waals surface area contributed by atoms with E-state index in [0.717, 1.165) is 18.4 Å². The minimum absolute atomic E-state index is 0.248. The van der Waals surface area contributed by atoms with E-state index in [0.29, 0.717) is 12.3 Å². The van der Waals surface area contributed by atoms with Gasteiger partial charge in [0.1, 0.15) is 5.75 Å². The highest BCUT2D eigenvalue weighted by atomic mass is 16.3. The normalized spacial score (nSPS) is 19.6. The van der Waals surface area contributed by atoms with Crippen LogP contribution >= 0.6 is 0 Å². The van der Waals surface area contributed by atoms with E-state index in [1.807, 2.05) is 12.1 Å². The van der Waals surface area contributed by atoms with Crippen molar-refractivity contribution in [2.45, 2.75) is 44.6 Å². The van der Waals surface area contributed by atoms with Crippen molar-refractivity contribution in [2.75, 3.05) is 0 Å². The minimum Gasteiger partial charge on any atom is -0.508 e. The van der Waals surface area contributed by atoms with Crippen LogP contribution in [0.25, 0.3) is 0 Å². The number of rotatable bonds is 3. The number of hydrogen-bond acceptors (Lipinski definition) is 2. The Bertz CT molecular complexity index is 329. The van der Waals surface area contributed by atoms with Crippen molar-refractivity contribution in [1.82, 2.24) is 0 Å². The highest BCUT2D eigenvalue weighted by molar-refractivity contribution is 5.27. The standard InChI is InChI=1S/C14H20O2/c15-13-8-4-5-11(9-13)10-14(16)12-6-2-1-3-7-12/h4-5,8-9,12,14-16H,1-3,6-7,10H2. The molecule has 2 N–H and O–H groups in total. The minimum atomic E-state index is -0.248. The summed E-state index contributed by atoms with van der Waals surface area (Å²) in [6.07, 6.45) is 6.54. The van der Waals surface area contributed by atoms with Gasteiger partial charge >= 0.3 is 0 Å². The molecule has 1 fully saturated rings. The molecule has 1 unspecified atom stereocenters. The molecule has 0 heterocycles. The molecule has 0 amide bonds. The van der Waals surface area contributed by atoms with Crippen LogP contribution in [0.15, 0.2) is 24.3 Å². The number of aliphatic hydroxyl groups excluding tert-OH is 1. The Kier molecular flexibility index (Phi) is 3.83. The molecule has 88 valence electrons. The summed E-state index contributed by atoms with van der Waals surface area (Å²) in [5, 5.41) is 19.5. The molecule has 1 aliphatic carbocycles. The molecule has 1 saturated carbocycles. The molecule has 1 aromatic rings. The van der Waals surface area contributed by atoms with Crippen LogP contribution in [0, 0.1) is 5.92 Å². The molecule has 2 nitrogen and oxygen atoms in total. The second kappa shape index (κ2) is 5.35. The summed E-state index contributed by atoms with van der Waals surface area (Å²) < 4.78 is 0. The van der Waals surface area contributed by atoms with Gasteiger partial charge in [0.25, 0.3) is 0 Å². The quantitative estimate of drug-likeness (QED) is 0.822. The van der Waals surface area contributed by atoms with Gasteiger partial charge < -0.3 is 10.2 Å². The zero-order valence-electron chi connectivity index (χ0n) is 9.60. The highest BCUT2D eigenvalue weighted by Crippen LogP contribution is 2.28. The third kappa shape index (κ3) is 2.99. The van der Waals surface area contributed by atoms with Crippen molar-refractivity contribution in [3.63, 3.8) is 0 Å². The number of phenolic OH excluding ortho intramolecular Hbond substituents is 1. The summed E-state index contributed by atoms with van der Waals surface area (Å²) >= 11 is 0. The van der Waals surface area contributed by atoms with E-state index in [4.69, 9.17) is 0 Å². The Morgan fingerprint density at radius 3 is 2.62 bits per heavy atom. The fourth-order valence-electron chi connectivity index (χ4n) is 2.61. The van der Waals surface area contributed by atoms with Crippen LogP contribution in [0.3, 0.4) is 0 Å². The van der Waals surface area contributed by atoms with Crippen LogP contribution in [0.2, 0.25) is 0 Å². The van der Waals surface area contributed by atoms with Gasteiger partial charge in [-0.3, -0.25) is 0 Å². The largest absolute Gasteiger partial charge is 0.508 e. The summed E-state index contributed by atoms with van der Waals surface area (Å²) in [6.45, 7) is 0. The van der Waals surface area contributed by atoms with Gasteiger partial charge in [-0.2, -0.15) is 0 Å². The van der Waals surface area contributed by atoms with Crippen LogP contribution in [-0.4, -0.2) is 16.3 Å². The topological polar surface area (TPSA) is 40.5 Å². The fourth-order valence-corrected chi connectivity index (χ4v) is 2.61. The zero-order chi connectivity index (χ0) is 11.4. The van der Waals surface area contributed by atoms with Gasteiger partial charge in [0.15, 0.2) is 0 Å². The lowest BCUT2D eigenvalue weighted by Crippen LogP contribution is -2.24. The molecule has 0 saturated heterocycles. The number of benzene rings is 1. The molecule has 0 aliphatic heterocycles. The Morgan fingerprint density at radius 1 is 1.19 bits per heavy atom. The predicted molar refractivity (Wildman–Crippen MR) is 64.4 cm³/mol. The lowest BCUT2D eigenvalue weighted by molar-refractivity contribution is 0.0851. The van der Waals surface area contributed by atoms with Gasteiger partial charge in [-0.1, -0.05) is 31.4 Å². The molecule has 1 aliphatic rings. The van der Waals surface area contributed by atoms with Gasteiger partial charge in [0, 0.05) is 0 Å². The summed E-state index contributed by atoms with van der Waals surface area (Å²) in [6, 6.07) is 7.20. The van der Waals surface area contributed by atoms with Crippen LogP contribution in [0.5, 0.6) is 5.75 Å². The van der Waals surface area contributed by atoms with E-state index in [2.05, 4.69) is 0 Å². The third-order valence-electron chi connectivity index (χ3n) is 3.55. The van der Waals surface area contributed by atoms with E-state index in [1.54, 1.807) is 12.1 Å². The number of aromatic hydroxyl groups is 1. The number of aliphatic hydroxyl groups is 1. The monoisotopic (exact) mass is 220 g/mol. The fraction of sp³-hybridized carbons (Fsp3) is 0.571. The molecule has 1 atom stereocenters. The number of phenols is 1. The number of hydrogen-bond donors (Lipinski definition) is 2. The highest BCUT2D eigenvalue weighted by Gasteiger charge is 2.21. The van der Waals surface area contributed by atoms with Crippen LogP contribution in [0.4, 0.5) is 0 Å². The molecule has 0 radical (unpaired) electrons. The molecule has 0 bridgehead atoms. The molecule has 2 heteroatoms. The zero-order valence-corrected chi connectivity index (χ0v) is 9.60. The van der Waals surface area contributed by atoms with Crippen molar-refractivity contribution in [3.05, 3.63) is 29.8 Å². The lowest BCUT2D eigenvalue weighted by atomic mass is 9.83. The Balaban J connectivity index is 1.93. The maximum Gasteiger partial charge on any atom is 0.115 e. The molecule has 16 heavy (non-hydrogen) atoms. The molecule has 2 rings (SSSR count). The summed E-state index contributed by atoms with van der Waals surface area (Å²) in [5.74, 6) is 0.740. The van der Waals surface area contributed by atoms with Crippen molar-refractivity contribution >= 4 is 0 Å². The first kappa shape index (κ1) is 11.5. The molecular formula is C14H20O2. The molecular weight excluding hydrogens is 200 g/mol. The van der Waals surface area contributed by atoms with Gasteiger partial charge in [0.2, 0.25) is 0 Å². The smallest absolute Gasteiger partial charge is 0.115 e. The summed E-state index contributed by atoms with van der Waals surface area (Å²) in [4.78, 5) is 0. The van der Waals surface area contributed by atoms with E-state index in [-0.39, 0.29) is 11.9 Å². The molecule has 0 aromatic heterocycles. The van der Waals surface area contributed by atoms with E-state index in [9.17, 15) is 10.2 Å². The maximum absolute atomic E-state index is 10.1. The van der Waals surface area contributed by atoms with Gasteiger partial charge in [-0.25, -0.2) is 0 Å². The first-order valence-electron chi connectivity index (χ1n) is 6.21. The first-order chi connectivity index (χ1) is 7.75. The van der Waals surface area contributed by atoms with E-state index < -0.39 is 0 Å². The maximum atomic E-state index is 10.1. The molecule has 0 spiro atoms. The molecule has 1 aromatic carbocycles. The third-order valence-corrected chi connectivity index (χ3v) is 3.55. The summed E-state index contributed by atoms with van der Waals surface area (Å²) in [7, 11) is 0. The first-order valence-corrected chi connectivity index (χ1v) is 6.21. The van der Waals surface area contributed by atoms with Gasteiger partial charge in [0.05, 0.1) is 6.10 Å². The Hall–Kier alpha value is -1.02. The van der Waals surface area contributed by atoms with E-state index in [1.165, 1.54) is 19.3 Å². The SMILES string of the molecule is Oc1cccc(CC(O)C2CCCCC2)c1. The van der Waals surface area contributed by atoms with Crippen molar-refractivity contribution in [1.29, 1.82) is 0 Å². The van der Waals surface area contributed by atoms with Crippen molar-refractivity contribution in [3.8, 4) is 5.75 Å².